The van der Waals surface area contributed by atoms with Gasteiger partial charge in [0.15, 0.2) is 0 Å². The van der Waals surface area contributed by atoms with Gasteiger partial charge < -0.3 is 9.67 Å². The van der Waals surface area contributed by atoms with E-state index in [1.807, 2.05) is 39.0 Å². The number of phenolic OH excluding ortho intramolecular Hbond substituents is 1. The van der Waals surface area contributed by atoms with E-state index >= 15 is 0 Å². The molecule has 3 nitrogen and oxygen atoms in total. The van der Waals surface area contributed by atoms with Crippen LogP contribution in [0.5, 0.6) is 5.75 Å². The predicted molar refractivity (Wildman–Crippen MR) is 106 cm³/mol. The molecule has 0 aromatic heterocycles. The van der Waals surface area contributed by atoms with Gasteiger partial charge in [0.1, 0.15) is 5.75 Å². The van der Waals surface area contributed by atoms with Gasteiger partial charge in [-0.2, -0.15) is 0 Å². The van der Waals surface area contributed by atoms with Crippen molar-refractivity contribution >= 4 is 23.3 Å². The fraction of sp³-hybridized carbons (Fsp3) is 0.136. The van der Waals surface area contributed by atoms with Crippen LogP contribution in [0.4, 0.5) is 0 Å². The summed E-state index contributed by atoms with van der Waals surface area (Å²) in [5, 5.41) is 11.0. The summed E-state index contributed by atoms with van der Waals surface area (Å²) in [6, 6.07) is 18.9. The average Bonchev–Trinajstić information content (AvgIpc) is 2.61. The summed E-state index contributed by atoms with van der Waals surface area (Å²) >= 11 is 0. The highest BCUT2D eigenvalue weighted by molar-refractivity contribution is 7.93. The number of carbonyl (C=O) groups is 1. The molecule has 3 aromatic carbocycles. The fourth-order valence-corrected chi connectivity index (χ4v) is 6.09. The first-order chi connectivity index (χ1) is 12.4. The monoisotopic (exact) mass is 364 g/mol. The first kappa shape index (κ1) is 18.2. The molecule has 0 radical (unpaired) electrons. The van der Waals surface area contributed by atoms with E-state index in [0.717, 1.165) is 16.7 Å². The number of aromatic hydroxyl groups is 1. The van der Waals surface area contributed by atoms with E-state index in [1.54, 1.807) is 42.5 Å². The van der Waals surface area contributed by atoms with Gasteiger partial charge in [-0.05, 0) is 44.0 Å². The lowest BCUT2D eigenvalue weighted by Gasteiger charge is -2.21. The van der Waals surface area contributed by atoms with E-state index in [4.69, 9.17) is 0 Å². The zero-order valence-electron chi connectivity index (χ0n) is 15.1. The molecule has 0 fully saturated rings. The van der Waals surface area contributed by atoms with Crippen LogP contribution in [0, 0.1) is 20.8 Å². The molecule has 26 heavy (non-hydrogen) atoms. The van der Waals surface area contributed by atoms with Gasteiger partial charge in [0.25, 0.3) is 0 Å². The maximum atomic E-state index is 14.2. The molecule has 0 heterocycles. The lowest BCUT2D eigenvalue weighted by atomic mass is 10.0. The number of para-hydroxylation sites is 1. The van der Waals surface area contributed by atoms with Gasteiger partial charge >= 0.3 is 0 Å². The quantitative estimate of drug-likeness (QED) is 0.695. The molecule has 4 heteroatoms. The Bertz CT molecular complexity index is 1000. The van der Waals surface area contributed by atoms with Crippen LogP contribution in [0.1, 0.15) is 27.0 Å². The second-order valence-corrected chi connectivity index (χ2v) is 9.14. The molecular weight excluding hydrogens is 343 g/mol. The van der Waals surface area contributed by atoms with Crippen molar-refractivity contribution in [3.05, 3.63) is 89.0 Å². The van der Waals surface area contributed by atoms with Crippen LogP contribution in [-0.2, 0) is 4.57 Å². The fourth-order valence-electron chi connectivity index (χ4n) is 3.41. The van der Waals surface area contributed by atoms with E-state index < -0.39 is 12.7 Å². The summed E-state index contributed by atoms with van der Waals surface area (Å²) < 4.78 is 14.2. The topological polar surface area (TPSA) is 54.4 Å². The summed E-state index contributed by atoms with van der Waals surface area (Å²) in [5.41, 5.74) is 2.65. The number of aryl methyl sites for hydroxylation is 3. The van der Waals surface area contributed by atoms with Crippen molar-refractivity contribution in [3.8, 4) is 5.75 Å². The molecule has 1 N–H and O–H groups in total. The maximum Gasteiger partial charge on any atom is 0.230 e. The Morgan fingerprint density at radius 3 is 1.96 bits per heavy atom. The molecule has 0 saturated carbocycles. The molecule has 1 atom stereocenters. The molecule has 0 bridgehead atoms. The van der Waals surface area contributed by atoms with Crippen LogP contribution >= 0.6 is 7.14 Å². The average molecular weight is 364 g/mol. The van der Waals surface area contributed by atoms with Crippen molar-refractivity contribution in [2.45, 2.75) is 20.8 Å². The van der Waals surface area contributed by atoms with Crippen LogP contribution in [0.15, 0.2) is 66.7 Å². The van der Waals surface area contributed by atoms with Gasteiger partial charge in [0, 0.05) is 10.9 Å². The van der Waals surface area contributed by atoms with E-state index in [1.165, 1.54) is 6.07 Å². The van der Waals surface area contributed by atoms with Crippen molar-refractivity contribution in [2.75, 3.05) is 0 Å². The highest BCUT2D eigenvalue weighted by atomic mass is 31.2. The summed E-state index contributed by atoms with van der Waals surface area (Å²) in [7, 11) is -3.73. The minimum Gasteiger partial charge on any atom is -0.507 e. The minimum absolute atomic E-state index is 0.129. The maximum absolute atomic E-state index is 14.2. The molecule has 0 aliphatic heterocycles. The summed E-state index contributed by atoms with van der Waals surface area (Å²) in [6.45, 7) is 5.68. The number of phenols is 1. The third-order valence-electron chi connectivity index (χ3n) is 4.52. The predicted octanol–water partition coefficient (Wildman–Crippen LogP) is 4.47. The molecule has 132 valence electrons. The Morgan fingerprint density at radius 1 is 0.846 bits per heavy atom. The van der Waals surface area contributed by atoms with E-state index in [2.05, 4.69) is 0 Å². The molecular formula is C22H21O3P. The Hall–Kier alpha value is -2.64. The van der Waals surface area contributed by atoms with Crippen molar-refractivity contribution in [1.82, 2.24) is 0 Å². The molecule has 0 aliphatic rings. The van der Waals surface area contributed by atoms with Gasteiger partial charge in [0.05, 0.1) is 5.30 Å². The third-order valence-corrected chi connectivity index (χ3v) is 7.40. The van der Waals surface area contributed by atoms with Crippen LogP contribution < -0.4 is 10.6 Å². The van der Waals surface area contributed by atoms with Crippen molar-refractivity contribution in [2.24, 2.45) is 0 Å². The number of hydrogen-bond acceptors (Lipinski definition) is 3. The first-order valence-corrected chi connectivity index (χ1v) is 10.1. The summed E-state index contributed by atoms with van der Waals surface area (Å²) in [5.74, 6) is -0.129. The van der Waals surface area contributed by atoms with Gasteiger partial charge in [-0.3, -0.25) is 4.79 Å². The summed E-state index contributed by atoms with van der Waals surface area (Å²) in [6.07, 6.45) is 0. The molecule has 3 aromatic rings. The van der Waals surface area contributed by atoms with Gasteiger partial charge in [-0.1, -0.05) is 60.2 Å². The smallest absolute Gasteiger partial charge is 0.230 e. The Balaban J connectivity index is 2.32. The lowest BCUT2D eigenvalue weighted by molar-refractivity contribution is 0.107. The second-order valence-electron chi connectivity index (χ2n) is 6.51. The standard InChI is InChI=1S/C22H21O3P/c1-15-13-16(2)21(17(3)14-15)22(24)26(25,18-9-5-4-6-10-18)20-12-8-7-11-19(20)23/h4-14,23H,1-3H3. The SMILES string of the molecule is Cc1cc(C)c(C(=O)P(=O)(c2ccccc2)c2ccccc2O)c(C)c1. The molecule has 0 amide bonds. The Morgan fingerprint density at radius 2 is 1.38 bits per heavy atom. The zero-order valence-corrected chi connectivity index (χ0v) is 16.0. The minimum atomic E-state index is -3.73. The third kappa shape index (κ3) is 3.00. The van der Waals surface area contributed by atoms with Crippen LogP contribution in [0.25, 0.3) is 0 Å². The number of rotatable bonds is 4. The highest BCUT2D eigenvalue weighted by Gasteiger charge is 2.39. The zero-order chi connectivity index (χ0) is 18.9. The van der Waals surface area contributed by atoms with Crippen LogP contribution in [-0.4, -0.2) is 10.6 Å². The summed E-state index contributed by atoms with van der Waals surface area (Å²) in [4.78, 5) is 13.6. The molecule has 3 rings (SSSR count). The van der Waals surface area contributed by atoms with Crippen LogP contribution in [0.3, 0.4) is 0 Å². The van der Waals surface area contributed by atoms with Gasteiger partial charge in [0.2, 0.25) is 12.7 Å². The molecule has 0 aliphatic carbocycles. The van der Waals surface area contributed by atoms with Crippen LogP contribution in [0.2, 0.25) is 0 Å². The normalized spacial score (nSPS) is 13.2. The molecule has 1 unspecified atom stereocenters. The molecule has 0 saturated heterocycles. The number of hydrogen-bond donors (Lipinski definition) is 1. The Kier molecular flexibility index (Phi) is 4.84. The highest BCUT2D eigenvalue weighted by Crippen LogP contribution is 2.49. The van der Waals surface area contributed by atoms with E-state index in [-0.39, 0.29) is 11.1 Å². The molecule has 0 spiro atoms. The number of benzene rings is 3. The second kappa shape index (κ2) is 6.93. The largest absolute Gasteiger partial charge is 0.507 e. The Labute approximate surface area is 153 Å². The lowest BCUT2D eigenvalue weighted by Crippen LogP contribution is -2.24. The van der Waals surface area contributed by atoms with Crippen molar-refractivity contribution in [1.29, 1.82) is 0 Å². The van der Waals surface area contributed by atoms with Crippen molar-refractivity contribution < 1.29 is 14.5 Å². The van der Waals surface area contributed by atoms with E-state index in [0.29, 0.717) is 10.9 Å². The first-order valence-electron chi connectivity index (χ1n) is 8.42. The van der Waals surface area contributed by atoms with Gasteiger partial charge in [-0.15, -0.1) is 0 Å². The van der Waals surface area contributed by atoms with E-state index in [9.17, 15) is 14.5 Å². The number of carbonyl (C=O) groups excluding carboxylic acids is 1. The van der Waals surface area contributed by atoms with Gasteiger partial charge in [-0.25, -0.2) is 0 Å². The van der Waals surface area contributed by atoms with Crippen molar-refractivity contribution in [3.63, 3.8) is 0 Å².